The zero-order valence-electron chi connectivity index (χ0n) is 9.93. The number of hydrogen-bond acceptors (Lipinski definition) is 2. The highest BCUT2D eigenvalue weighted by Gasteiger charge is 2.18. The Balaban J connectivity index is 2.45. The van der Waals surface area contributed by atoms with Crippen molar-refractivity contribution in [1.82, 2.24) is 5.32 Å². The van der Waals surface area contributed by atoms with Gasteiger partial charge in [0, 0.05) is 5.56 Å². The lowest BCUT2D eigenvalue weighted by molar-refractivity contribution is 0.608. The van der Waals surface area contributed by atoms with Crippen molar-refractivity contribution >= 4 is 34.5 Å². The molecule has 0 aliphatic carbocycles. The molecule has 1 N–H and O–H groups in total. The Morgan fingerprint density at radius 2 is 2.00 bits per heavy atom. The third-order valence-electron chi connectivity index (χ3n) is 2.81. The van der Waals surface area contributed by atoms with Gasteiger partial charge in [0.05, 0.1) is 14.7 Å². The van der Waals surface area contributed by atoms with Crippen LogP contribution in [0.4, 0.5) is 4.39 Å². The molecular weight excluding hydrogens is 292 g/mol. The molecule has 2 rings (SSSR count). The highest BCUT2D eigenvalue weighted by Crippen LogP contribution is 2.37. The third kappa shape index (κ3) is 2.69. The first-order valence-corrected chi connectivity index (χ1v) is 6.98. The summed E-state index contributed by atoms with van der Waals surface area (Å²) >= 11 is 13.4. The number of rotatable bonds is 3. The summed E-state index contributed by atoms with van der Waals surface area (Å²) in [5, 5.41) is 3.13. The number of nitrogens with one attached hydrogen (secondary N) is 1. The molecule has 5 heteroatoms. The van der Waals surface area contributed by atoms with Crippen LogP contribution in [0.15, 0.2) is 24.3 Å². The lowest BCUT2D eigenvalue weighted by atomic mass is 10.00. The van der Waals surface area contributed by atoms with Crippen molar-refractivity contribution in [3.8, 4) is 0 Å². The molecule has 1 nitrogen and oxygen atoms in total. The van der Waals surface area contributed by atoms with Crippen LogP contribution in [0, 0.1) is 12.7 Å². The second-order valence-electron chi connectivity index (χ2n) is 4.01. The first-order valence-electron chi connectivity index (χ1n) is 5.41. The summed E-state index contributed by atoms with van der Waals surface area (Å²) in [6, 6.07) is 6.83. The fourth-order valence-corrected chi connectivity index (χ4v) is 3.37. The Labute approximate surface area is 120 Å². The van der Waals surface area contributed by atoms with Gasteiger partial charge >= 0.3 is 0 Å². The van der Waals surface area contributed by atoms with Crippen LogP contribution in [-0.2, 0) is 0 Å². The summed E-state index contributed by atoms with van der Waals surface area (Å²) in [6.45, 7) is 1.74. The van der Waals surface area contributed by atoms with Gasteiger partial charge in [-0.15, -0.1) is 11.3 Å². The van der Waals surface area contributed by atoms with Crippen molar-refractivity contribution in [2.24, 2.45) is 0 Å². The molecule has 0 aliphatic rings. The van der Waals surface area contributed by atoms with E-state index >= 15 is 0 Å². The summed E-state index contributed by atoms with van der Waals surface area (Å²) < 4.78 is 14.9. The van der Waals surface area contributed by atoms with E-state index in [1.54, 1.807) is 13.0 Å². The molecule has 0 bridgehead atoms. The molecule has 1 aromatic heterocycles. The number of thiophene rings is 1. The van der Waals surface area contributed by atoms with Crippen molar-refractivity contribution in [1.29, 1.82) is 0 Å². The Morgan fingerprint density at radius 1 is 1.28 bits per heavy atom. The van der Waals surface area contributed by atoms with E-state index in [2.05, 4.69) is 5.32 Å². The highest BCUT2D eigenvalue weighted by molar-refractivity contribution is 7.20. The Bertz CT molecular complexity index is 568. The maximum absolute atomic E-state index is 13.6. The maximum Gasteiger partial charge on any atom is 0.126 e. The SMILES string of the molecule is CNC(c1ccc(C)c(F)c1)c1cc(Cl)sc1Cl. The molecule has 0 spiro atoms. The second-order valence-corrected chi connectivity index (χ2v) is 6.30. The minimum Gasteiger partial charge on any atom is -0.309 e. The van der Waals surface area contributed by atoms with Gasteiger partial charge in [0.2, 0.25) is 0 Å². The topological polar surface area (TPSA) is 12.0 Å². The zero-order chi connectivity index (χ0) is 13.3. The quantitative estimate of drug-likeness (QED) is 0.858. The predicted molar refractivity (Wildman–Crippen MR) is 76.4 cm³/mol. The zero-order valence-corrected chi connectivity index (χ0v) is 12.3. The standard InChI is InChI=1S/C13H12Cl2FNS/c1-7-3-4-8(5-10(7)16)12(17-2)9-6-11(14)18-13(9)15/h3-6,12,17H,1-2H3. The summed E-state index contributed by atoms with van der Waals surface area (Å²) in [5.41, 5.74) is 2.33. The van der Waals surface area contributed by atoms with Crippen LogP contribution in [0.3, 0.4) is 0 Å². The predicted octanol–water partition coefficient (Wildman–Crippen LogP) is 4.81. The van der Waals surface area contributed by atoms with Gasteiger partial charge in [-0.3, -0.25) is 0 Å². The first kappa shape index (κ1) is 13.8. The lowest BCUT2D eigenvalue weighted by Crippen LogP contribution is -2.17. The molecule has 1 aromatic carbocycles. The molecule has 2 aromatic rings. The van der Waals surface area contributed by atoms with Gasteiger partial charge in [-0.2, -0.15) is 0 Å². The van der Waals surface area contributed by atoms with Gasteiger partial charge < -0.3 is 5.32 Å². The van der Waals surface area contributed by atoms with E-state index in [1.807, 2.05) is 19.2 Å². The van der Waals surface area contributed by atoms with Crippen LogP contribution in [0.25, 0.3) is 0 Å². The van der Waals surface area contributed by atoms with Crippen LogP contribution in [0.1, 0.15) is 22.7 Å². The van der Waals surface area contributed by atoms with Crippen molar-refractivity contribution in [3.05, 3.63) is 55.4 Å². The molecule has 0 aliphatic heterocycles. The molecule has 0 fully saturated rings. The Kier molecular flexibility index (Phi) is 4.28. The van der Waals surface area contributed by atoms with Gasteiger partial charge in [0.15, 0.2) is 0 Å². The van der Waals surface area contributed by atoms with Crippen LogP contribution in [0.5, 0.6) is 0 Å². The normalized spacial score (nSPS) is 12.7. The molecule has 0 amide bonds. The van der Waals surface area contributed by atoms with E-state index < -0.39 is 0 Å². The average Bonchev–Trinajstić information content (AvgIpc) is 2.64. The van der Waals surface area contributed by atoms with Crippen LogP contribution < -0.4 is 5.32 Å². The fourth-order valence-electron chi connectivity index (χ4n) is 1.84. The van der Waals surface area contributed by atoms with E-state index in [9.17, 15) is 4.39 Å². The summed E-state index contributed by atoms with van der Waals surface area (Å²) in [5.74, 6) is -0.217. The van der Waals surface area contributed by atoms with Gasteiger partial charge in [0.25, 0.3) is 0 Å². The molecule has 0 radical (unpaired) electrons. The molecule has 1 heterocycles. The van der Waals surface area contributed by atoms with Crippen LogP contribution in [-0.4, -0.2) is 7.05 Å². The van der Waals surface area contributed by atoms with Gasteiger partial charge in [-0.25, -0.2) is 4.39 Å². The average molecular weight is 304 g/mol. The minimum absolute atomic E-state index is 0.156. The lowest BCUT2D eigenvalue weighted by Gasteiger charge is -2.16. The molecule has 1 unspecified atom stereocenters. The van der Waals surface area contributed by atoms with Crippen molar-refractivity contribution in [2.75, 3.05) is 7.05 Å². The summed E-state index contributed by atoms with van der Waals surface area (Å²) in [7, 11) is 1.81. The second kappa shape index (κ2) is 5.57. The van der Waals surface area contributed by atoms with E-state index in [4.69, 9.17) is 23.2 Å². The molecule has 0 saturated carbocycles. The maximum atomic E-state index is 13.6. The van der Waals surface area contributed by atoms with Crippen molar-refractivity contribution in [3.63, 3.8) is 0 Å². The Morgan fingerprint density at radius 3 is 2.50 bits per heavy atom. The van der Waals surface area contributed by atoms with Gasteiger partial charge in [-0.1, -0.05) is 35.3 Å². The Hall–Kier alpha value is -0.610. The number of halogens is 3. The number of benzene rings is 1. The molecule has 0 saturated heterocycles. The van der Waals surface area contributed by atoms with E-state index in [-0.39, 0.29) is 11.9 Å². The smallest absolute Gasteiger partial charge is 0.126 e. The number of aryl methyl sites for hydroxylation is 1. The third-order valence-corrected chi connectivity index (χ3v) is 4.33. The van der Waals surface area contributed by atoms with Crippen LogP contribution >= 0.6 is 34.5 Å². The largest absolute Gasteiger partial charge is 0.309 e. The monoisotopic (exact) mass is 303 g/mol. The van der Waals surface area contributed by atoms with Crippen molar-refractivity contribution < 1.29 is 4.39 Å². The summed E-state index contributed by atoms with van der Waals surface area (Å²) in [6.07, 6.45) is 0. The van der Waals surface area contributed by atoms with Crippen LogP contribution in [0.2, 0.25) is 8.67 Å². The van der Waals surface area contributed by atoms with E-state index in [0.29, 0.717) is 14.2 Å². The summed E-state index contributed by atoms with van der Waals surface area (Å²) in [4.78, 5) is 0. The van der Waals surface area contributed by atoms with E-state index in [0.717, 1.165) is 11.1 Å². The number of hydrogen-bond donors (Lipinski definition) is 1. The molecular formula is C13H12Cl2FNS. The highest BCUT2D eigenvalue weighted by atomic mass is 35.5. The minimum atomic E-state index is -0.217. The van der Waals surface area contributed by atoms with Gasteiger partial charge in [0.1, 0.15) is 5.82 Å². The fraction of sp³-hybridized carbons (Fsp3) is 0.231. The molecule has 18 heavy (non-hydrogen) atoms. The van der Waals surface area contributed by atoms with Gasteiger partial charge in [-0.05, 0) is 37.2 Å². The van der Waals surface area contributed by atoms with E-state index in [1.165, 1.54) is 17.4 Å². The van der Waals surface area contributed by atoms with Crippen molar-refractivity contribution in [2.45, 2.75) is 13.0 Å². The molecule has 96 valence electrons. The molecule has 1 atom stereocenters. The first-order chi connectivity index (χ1) is 8.52.